The van der Waals surface area contributed by atoms with Gasteiger partial charge in [0.1, 0.15) is 0 Å². The highest BCUT2D eigenvalue weighted by Crippen LogP contribution is 2.59. The fraction of sp³-hybridized carbons (Fsp3) is 0.581. The highest BCUT2D eigenvalue weighted by Gasteiger charge is 2.63. The smallest absolute Gasteiger partial charge is 0.299 e. The molecule has 0 amide bonds. The Bertz CT molecular complexity index is 1060. The second-order valence-corrected chi connectivity index (χ2v) is 10.9. The molecular weight excluding hydrogens is 514 g/mol. The van der Waals surface area contributed by atoms with Crippen molar-refractivity contribution < 1.29 is 26.3 Å². The van der Waals surface area contributed by atoms with Crippen LogP contribution >= 0.6 is 0 Å². The Hall–Kier alpha value is -2.53. The number of rotatable bonds is 9. The van der Waals surface area contributed by atoms with Crippen LogP contribution in [0.2, 0.25) is 0 Å². The van der Waals surface area contributed by atoms with Gasteiger partial charge in [-0.15, -0.1) is 0 Å². The summed E-state index contributed by atoms with van der Waals surface area (Å²) in [5, 5.41) is 7.32. The molecule has 39 heavy (non-hydrogen) atoms. The normalized spacial score (nSPS) is 18.7. The fourth-order valence-corrected chi connectivity index (χ4v) is 6.27. The number of hydrogen-bond donors (Lipinski definition) is 0. The van der Waals surface area contributed by atoms with Crippen molar-refractivity contribution in [2.45, 2.75) is 107 Å². The lowest BCUT2D eigenvalue weighted by molar-refractivity contribution is -0.215. The number of nitriles is 1. The number of benzene rings is 2. The fourth-order valence-electron chi connectivity index (χ4n) is 6.27. The Morgan fingerprint density at radius 2 is 1.31 bits per heavy atom. The molecule has 214 valence electrons. The summed E-state index contributed by atoms with van der Waals surface area (Å²) < 4.78 is 86.3. The van der Waals surface area contributed by atoms with Crippen molar-refractivity contribution in [2.75, 3.05) is 7.05 Å². The van der Waals surface area contributed by atoms with E-state index in [1.807, 2.05) is 44.3 Å². The van der Waals surface area contributed by atoms with Gasteiger partial charge >= 0.3 is 12.4 Å². The predicted molar refractivity (Wildman–Crippen MR) is 141 cm³/mol. The van der Waals surface area contributed by atoms with Gasteiger partial charge < -0.3 is 0 Å². The van der Waals surface area contributed by atoms with Crippen LogP contribution in [-0.2, 0) is 23.8 Å². The molecule has 0 N–H and O–H groups in total. The van der Waals surface area contributed by atoms with E-state index in [9.17, 15) is 26.3 Å². The third kappa shape index (κ3) is 6.14. The second-order valence-electron chi connectivity index (χ2n) is 10.9. The third-order valence-electron chi connectivity index (χ3n) is 8.80. The lowest BCUT2D eigenvalue weighted by atomic mass is 9.58. The Labute approximate surface area is 228 Å². The topological polar surface area (TPSA) is 27.0 Å². The summed E-state index contributed by atoms with van der Waals surface area (Å²) in [5.74, 6) is 0. The molecule has 1 atom stereocenters. The lowest BCUT2D eigenvalue weighted by Gasteiger charge is -2.48. The first kappa shape index (κ1) is 31.0. The van der Waals surface area contributed by atoms with E-state index in [-0.39, 0.29) is 54.8 Å². The first-order valence-electron chi connectivity index (χ1n) is 13.7. The van der Waals surface area contributed by atoms with E-state index in [2.05, 4.69) is 4.90 Å². The molecule has 8 heteroatoms. The number of hydrogen-bond acceptors (Lipinski definition) is 2. The molecule has 0 aliphatic heterocycles. The molecule has 0 saturated heterocycles. The van der Waals surface area contributed by atoms with Gasteiger partial charge in [-0.3, -0.25) is 4.90 Å². The molecule has 0 heterocycles. The molecule has 0 aromatic heterocycles. The van der Waals surface area contributed by atoms with Gasteiger partial charge in [0.25, 0.3) is 0 Å². The minimum absolute atomic E-state index is 0.0394. The van der Waals surface area contributed by atoms with Crippen molar-refractivity contribution in [3.05, 3.63) is 70.8 Å². The largest absolute Gasteiger partial charge is 0.398 e. The maximum Gasteiger partial charge on any atom is 0.398 e. The SMILES string of the molecule is CC#N.CCC(CCc1c(C2(C(F)(F)F)CCC2)cccc1C1(C(F)(F)F)CCC1)N(C)Cc1ccccc1. The number of alkyl halides is 6. The number of nitrogens with zero attached hydrogens (tertiary/aromatic N) is 2. The molecule has 2 fully saturated rings. The highest BCUT2D eigenvalue weighted by molar-refractivity contribution is 5.48. The van der Waals surface area contributed by atoms with Crippen LogP contribution in [0.1, 0.15) is 87.5 Å². The number of halogens is 6. The highest BCUT2D eigenvalue weighted by atomic mass is 19.4. The standard InChI is InChI=1S/C29H35F6N.C2H3N/c1-3-22(36(2)20-21-10-5-4-6-11-21)14-15-23-24(26(16-8-17-26)28(30,31)32)12-7-13-25(23)27(18-9-19-27)29(33,34)35;1-2-3/h4-7,10-13,22H,3,8-9,14-20H2,1-2H3;1H3. The Morgan fingerprint density at radius 1 is 0.846 bits per heavy atom. The van der Waals surface area contributed by atoms with E-state index in [1.165, 1.54) is 25.1 Å². The van der Waals surface area contributed by atoms with Crippen molar-refractivity contribution in [1.82, 2.24) is 4.90 Å². The summed E-state index contributed by atoms with van der Waals surface area (Å²) in [6, 6.07) is 16.0. The molecule has 4 rings (SSSR count). The van der Waals surface area contributed by atoms with Gasteiger partial charge in [0.15, 0.2) is 0 Å². The van der Waals surface area contributed by atoms with E-state index in [4.69, 9.17) is 5.26 Å². The van der Waals surface area contributed by atoms with Crippen LogP contribution < -0.4 is 0 Å². The van der Waals surface area contributed by atoms with Gasteiger partial charge in [-0.05, 0) is 74.2 Å². The molecule has 0 radical (unpaired) electrons. The minimum atomic E-state index is -4.49. The Morgan fingerprint density at radius 3 is 1.67 bits per heavy atom. The van der Waals surface area contributed by atoms with Crippen LogP contribution in [0.3, 0.4) is 0 Å². The van der Waals surface area contributed by atoms with Gasteiger partial charge in [0, 0.05) is 19.5 Å². The Balaban J connectivity index is 0.00000134. The van der Waals surface area contributed by atoms with Crippen molar-refractivity contribution in [3.63, 3.8) is 0 Å². The van der Waals surface area contributed by atoms with E-state index in [0.29, 0.717) is 25.8 Å². The Kier molecular flexibility index (Phi) is 9.80. The molecule has 2 aromatic carbocycles. The summed E-state index contributed by atoms with van der Waals surface area (Å²) in [6.07, 6.45) is -6.87. The first-order chi connectivity index (χ1) is 18.4. The summed E-state index contributed by atoms with van der Waals surface area (Å²) in [7, 11) is 1.97. The molecular formula is C31H38F6N2. The molecule has 2 saturated carbocycles. The molecule has 0 bridgehead atoms. The van der Waals surface area contributed by atoms with Gasteiger partial charge in [0.05, 0.1) is 16.9 Å². The maximum atomic E-state index is 14.4. The zero-order valence-electron chi connectivity index (χ0n) is 22.9. The van der Waals surface area contributed by atoms with Crippen LogP contribution in [0, 0.1) is 11.3 Å². The molecule has 0 spiro atoms. The first-order valence-corrected chi connectivity index (χ1v) is 13.7. The van der Waals surface area contributed by atoms with Crippen LogP contribution in [0.15, 0.2) is 48.5 Å². The van der Waals surface area contributed by atoms with Crippen molar-refractivity contribution >= 4 is 0 Å². The van der Waals surface area contributed by atoms with Crippen molar-refractivity contribution in [2.24, 2.45) is 0 Å². The van der Waals surface area contributed by atoms with Crippen molar-refractivity contribution in [1.29, 1.82) is 5.26 Å². The summed E-state index contributed by atoms with van der Waals surface area (Å²) >= 11 is 0. The second kappa shape index (κ2) is 12.3. The van der Waals surface area contributed by atoms with Crippen LogP contribution in [0.5, 0.6) is 0 Å². The average molecular weight is 553 g/mol. The van der Waals surface area contributed by atoms with Crippen molar-refractivity contribution in [3.8, 4) is 6.07 Å². The van der Waals surface area contributed by atoms with E-state index >= 15 is 0 Å². The molecule has 1 unspecified atom stereocenters. The quantitative estimate of drug-likeness (QED) is 0.290. The predicted octanol–water partition coefficient (Wildman–Crippen LogP) is 9.03. The zero-order chi connectivity index (χ0) is 28.9. The summed E-state index contributed by atoms with van der Waals surface area (Å²) in [4.78, 5) is 2.16. The third-order valence-corrected chi connectivity index (χ3v) is 8.80. The van der Waals surface area contributed by atoms with Crippen LogP contribution in [0.25, 0.3) is 0 Å². The van der Waals surface area contributed by atoms with Gasteiger partial charge in [-0.2, -0.15) is 31.6 Å². The molecule has 2 nitrogen and oxygen atoms in total. The zero-order valence-corrected chi connectivity index (χ0v) is 22.9. The lowest BCUT2D eigenvalue weighted by Crippen LogP contribution is -2.51. The van der Waals surface area contributed by atoms with Crippen LogP contribution in [-0.4, -0.2) is 30.3 Å². The molecule has 2 aliphatic rings. The van der Waals surface area contributed by atoms with Crippen LogP contribution in [0.4, 0.5) is 26.3 Å². The summed E-state index contributed by atoms with van der Waals surface area (Å²) in [6.45, 7) is 4.12. The molecule has 2 aromatic rings. The van der Waals surface area contributed by atoms with Gasteiger partial charge in [-0.1, -0.05) is 68.3 Å². The average Bonchev–Trinajstić information content (AvgIpc) is 2.78. The monoisotopic (exact) mass is 552 g/mol. The van der Waals surface area contributed by atoms with E-state index in [0.717, 1.165) is 12.0 Å². The van der Waals surface area contributed by atoms with Gasteiger partial charge in [-0.25, -0.2) is 0 Å². The van der Waals surface area contributed by atoms with E-state index in [1.54, 1.807) is 6.07 Å². The molecule has 2 aliphatic carbocycles. The summed E-state index contributed by atoms with van der Waals surface area (Å²) in [5.41, 5.74) is -2.50. The van der Waals surface area contributed by atoms with E-state index < -0.39 is 23.2 Å². The van der Waals surface area contributed by atoms with Gasteiger partial charge in [0.2, 0.25) is 0 Å². The minimum Gasteiger partial charge on any atom is -0.299 e. The maximum absolute atomic E-state index is 14.4.